The first kappa shape index (κ1) is 14.3. The summed E-state index contributed by atoms with van der Waals surface area (Å²) in [5.41, 5.74) is 1.14. The summed E-state index contributed by atoms with van der Waals surface area (Å²) in [7, 11) is 0. The molecular weight excluding hydrogens is 292 g/mol. The van der Waals surface area contributed by atoms with Crippen molar-refractivity contribution in [3.8, 4) is 11.5 Å². The number of ether oxygens (including phenoxy) is 2. The lowest BCUT2D eigenvalue weighted by Gasteiger charge is -2.25. The van der Waals surface area contributed by atoms with Gasteiger partial charge in [-0.05, 0) is 31.0 Å². The van der Waals surface area contributed by atoms with Gasteiger partial charge in [-0.15, -0.1) is 5.10 Å². The van der Waals surface area contributed by atoms with E-state index in [4.69, 9.17) is 9.47 Å². The Morgan fingerprint density at radius 2 is 2.22 bits per heavy atom. The van der Waals surface area contributed by atoms with Crippen molar-refractivity contribution in [1.82, 2.24) is 15.5 Å². The number of hydrogen-bond acceptors (Lipinski definition) is 6. The number of anilines is 1. The maximum Gasteiger partial charge on any atom is 0.231 e. The molecule has 0 bridgehead atoms. The van der Waals surface area contributed by atoms with Crippen LogP contribution in [-0.4, -0.2) is 36.1 Å². The Bertz CT molecular complexity index is 665. The molecule has 4 rings (SSSR count). The lowest BCUT2D eigenvalue weighted by Crippen LogP contribution is -2.38. The minimum absolute atomic E-state index is 0.315. The molecule has 6 nitrogen and oxygen atoms in total. The summed E-state index contributed by atoms with van der Waals surface area (Å²) >= 11 is 0. The highest BCUT2D eigenvalue weighted by Crippen LogP contribution is 2.35. The minimum Gasteiger partial charge on any atom is -0.454 e. The third kappa shape index (κ3) is 2.94. The Morgan fingerprint density at radius 1 is 1.22 bits per heavy atom. The van der Waals surface area contributed by atoms with Crippen molar-refractivity contribution in [2.24, 2.45) is 0 Å². The summed E-state index contributed by atoms with van der Waals surface area (Å²) in [4.78, 5) is 2.34. The third-order valence-corrected chi connectivity index (χ3v) is 4.40. The van der Waals surface area contributed by atoms with E-state index in [1.165, 1.54) is 12.8 Å². The highest BCUT2D eigenvalue weighted by atomic mass is 16.7. The predicted octanol–water partition coefficient (Wildman–Crippen LogP) is 1.96. The zero-order chi connectivity index (χ0) is 15.5. The van der Waals surface area contributed by atoms with E-state index in [9.17, 15) is 0 Å². The van der Waals surface area contributed by atoms with Crippen molar-refractivity contribution in [3.63, 3.8) is 0 Å². The van der Waals surface area contributed by atoms with Crippen LogP contribution in [0.25, 0.3) is 0 Å². The van der Waals surface area contributed by atoms with Crippen LogP contribution in [0.4, 0.5) is 5.82 Å². The van der Waals surface area contributed by atoms with E-state index in [0.29, 0.717) is 12.8 Å². The molecule has 1 saturated heterocycles. The summed E-state index contributed by atoms with van der Waals surface area (Å²) in [6.07, 6.45) is 4.08. The quantitative estimate of drug-likeness (QED) is 0.911. The second kappa shape index (κ2) is 6.42. The molecule has 0 spiro atoms. The molecule has 0 aliphatic carbocycles. The molecule has 23 heavy (non-hydrogen) atoms. The van der Waals surface area contributed by atoms with E-state index in [-0.39, 0.29) is 0 Å². The van der Waals surface area contributed by atoms with Gasteiger partial charge in [0.05, 0.1) is 0 Å². The Kier molecular flexibility index (Phi) is 3.98. The van der Waals surface area contributed by atoms with Gasteiger partial charge in [0.15, 0.2) is 17.3 Å². The number of aromatic nitrogens is 2. The zero-order valence-corrected chi connectivity index (χ0v) is 12.9. The molecule has 2 aliphatic heterocycles. The standard InChI is InChI=1S/C17H20N4O2/c1-4-13(17-15(6-1)22-12-23-17)10-18-11-14-5-3-9-21(14)16-7-2-8-19-20-16/h1-2,4,6-8,14,18H,3,5,9-12H2. The van der Waals surface area contributed by atoms with E-state index in [1.54, 1.807) is 6.20 Å². The van der Waals surface area contributed by atoms with E-state index < -0.39 is 0 Å². The molecule has 1 aromatic heterocycles. The van der Waals surface area contributed by atoms with Gasteiger partial charge < -0.3 is 19.7 Å². The maximum atomic E-state index is 5.55. The third-order valence-electron chi connectivity index (χ3n) is 4.40. The van der Waals surface area contributed by atoms with E-state index in [1.807, 2.05) is 24.3 Å². The van der Waals surface area contributed by atoms with Crippen LogP contribution in [0.2, 0.25) is 0 Å². The molecule has 0 saturated carbocycles. The molecule has 120 valence electrons. The van der Waals surface area contributed by atoms with Crippen LogP contribution >= 0.6 is 0 Å². The van der Waals surface area contributed by atoms with Crippen LogP contribution < -0.4 is 19.7 Å². The molecule has 1 atom stereocenters. The van der Waals surface area contributed by atoms with Gasteiger partial charge in [-0.2, -0.15) is 5.10 Å². The van der Waals surface area contributed by atoms with Gasteiger partial charge in [0.25, 0.3) is 0 Å². The molecule has 1 unspecified atom stereocenters. The monoisotopic (exact) mass is 312 g/mol. The van der Waals surface area contributed by atoms with Crippen LogP contribution in [0.5, 0.6) is 11.5 Å². The van der Waals surface area contributed by atoms with Crippen molar-refractivity contribution < 1.29 is 9.47 Å². The van der Waals surface area contributed by atoms with Crippen molar-refractivity contribution in [2.45, 2.75) is 25.4 Å². The highest BCUT2D eigenvalue weighted by molar-refractivity contribution is 5.48. The SMILES string of the molecule is c1cnnc(N2CCCC2CNCc2cccc3c2OCO3)c1. The fourth-order valence-corrected chi connectivity index (χ4v) is 3.30. The van der Waals surface area contributed by atoms with Crippen LogP contribution in [0.3, 0.4) is 0 Å². The lowest BCUT2D eigenvalue weighted by molar-refractivity contribution is 0.173. The number of hydrogen-bond donors (Lipinski definition) is 1. The molecule has 1 fully saturated rings. The fraction of sp³-hybridized carbons (Fsp3) is 0.412. The smallest absolute Gasteiger partial charge is 0.231 e. The number of nitrogens with one attached hydrogen (secondary N) is 1. The van der Waals surface area contributed by atoms with Gasteiger partial charge in [-0.25, -0.2) is 0 Å². The Morgan fingerprint density at radius 3 is 3.13 bits per heavy atom. The molecule has 6 heteroatoms. The largest absolute Gasteiger partial charge is 0.454 e. The molecule has 2 aliphatic rings. The molecular formula is C17H20N4O2. The maximum absolute atomic E-state index is 5.55. The van der Waals surface area contributed by atoms with Crippen LogP contribution in [0.15, 0.2) is 36.5 Å². The first-order valence-electron chi connectivity index (χ1n) is 8.04. The fourth-order valence-electron chi connectivity index (χ4n) is 3.30. The molecule has 0 amide bonds. The number of nitrogens with zero attached hydrogens (tertiary/aromatic N) is 3. The molecule has 1 N–H and O–H groups in total. The number of fused-ring (bicyclic) bond motifs is 1. The van der Waals surface area contributed by atoms with Crippen molar-refractivity contribution in [2.75, 3.05) is 24.8 Å². The summed E-state index contributed by atoms with van der Waals surface area (Å²) < 4.78 is 11.0. The normalized spacial score (nSPS) is 19.3. The summed E-state index contributed by atoms with van der Waals surface area (Å²) in [6.45, 7) is 3.05. The van der Waals surface area contributed by atoms with Crippen molar-refractivity contribution >= 4 is 5.82 Å². The topological polar surface area (TPSA) is 59.5 Å². The highest BCUT2D eigenvalue weighted by Gasteiger charge is 2.25. The van der Waals surface area contributed by atoms with Crippen molar-refractivity contribution in [1.29, 1.82) is 0 Å². The molecule has 1 aromatic carbocycles. The predicted molar refractivity (Wildman–Crippen MR) is 86.7 cm³/mol. The number of para-hydroxylation sites is 1. The van der Waals surface area contributed by atoms with Crippen LogP contribution in [0, 0.1) is 0 Å². The minimum atomic E-state index is 0.315. The van der Waals surface area contributed by atoms with Gasteiger partial charge in [0.1, 0.15) is 0 Å². The van der Waals surface area contributed by atoms with Crippen molar-refractivity contribution in [3.05, 3.63) is 42.1 Å². The molecule has 2 aromatic rings. The Balaban J connectivity index is 1.37. The van der Waals surface area contributed by atoms with Gasteiger partial charge in [-0.3, -0.25) is 0 Å². The first-order valence-corrected chi connectivity index (χ1v) is 8.04. The number of rotatable bonds is 5. The van der Waals surface area contributed by atoms with Gasteiger partial charge >= 0.3 is 0 Å². The van der Waals surface area contributed by atoms with E-state index in [2.05, 4.69) is 26.5 Å². The average molecular weight is 312 g/mol. The second-order valence-electron chi connectivity index (χ2n) is 5.85. The van der Waals surface area contributed by atoms with Crippen LogP contribution in [-0.2, 0) is 6.54 Å². The van der Waals surface area contributed by atoms with Gasteiger partial charge in [0.2, 0.25) is 6.79 Å². The second-order valence-corrected chi connectivity index (χ2v) is 5.85. The Labute approximate surface area is 135 Å². The lowest BCUT2D eigenvalue weighted by atomic mass is 10.1. The Hall–Kier alpha value is -2.34. The van der Waals surface area contributed by atoms with Gasteiger partial charge in [0, 0.05) is 37.4 Å². The van der Waals surface area contributed by atoms with E-state index >= 15 is 0 Å². The van der Waals surface area contributed by atoms with E-state index in [0.717, 1.165) is 42.5 Å². The average Bonchev–Trinajstić information content (AvgIpc) is 3.25. The molecule has 3 heterocycles. The number of benzene rings is 1. The molecule has 0 radical (unpaired) electrons. The summed E-state index contributed by atoms with van der Waals surface area (Å²) in [5.74, 6) is 2.68. The van der Waals surface area contributed by atoms with Gasteiger partial charge in [-0.1, -0.05) is 12.1 Å². The van der Waals surface area contributed by atoms with Crippen LogP contribution in [0.1, 0.15) is 18.4 Å². The first-order chi connectivity index (χ1) is 11.4. The zero-order valence-electron chi connectivity index (χ0n) is 12.9. The summed E-state index contributed by atoms with van der Waals surface area (Å²) in [6, 6.07) is 10.5. The summed E-state index contributed by atoms with van der Waals surface area (Å²) in [5, 5.41) is 11.8.